The van der Waals surface area contributed by atoms with Crippen molar-refractivity contribution < 1.29 is 5.21 Å². The molecule has 0 aliphatic carbocycles. The summed E-state index contributed by atoms with van der Waals surface area (Å²) < 4.78 is 0.483. The molecule has 0 unspecified atom stereocenters. The molecule has 5 nitrogen and oxygen atoms in total. The summed E-state index contributed by atoms with van der Waals surface area (Å²) in [6.45, 7) is 3.30. The molecule has 0 fully saturated rings. The van der Waals surface area contributed by atoms with Gasteiger partial charge in [-0.2, -0.15) is 0 Å². The summed E-state index contributed by atoms with van der Waals surface area (Å²) in [5.74, 6) is 0.144. The van der Waals surface area contributed by atoms with Crippen LogP contribution in [0, 0.1) is 13.8 Å². The number of aromatic nitrogens is 3. The van der Waals surface area contributed by atoms with E-state index >= 15 is 0 Å². The number of hydrogen-bond acceptors (Lipinski definition) is 4. The zero-order valence-corrected chi connectivity index (χ0v) is 10.1. The van der Waals surface area contributed by atoms with E-state index in [1.807, 2.05) is 6.92 Å². The van der Waals surface area contributed by atoms with E-state index in [4.69, 9.17) is 11.6 Å². The summed E-state index contributed by atoms with van der Waals surface area (Å²) in [5, 5.41) is 17.6. The van der Waals surface area contributed by atoms with Crippen LogP contribution in [0.15, 0.2) is 23.0 Å². The lowest BCUT2D eigenvalue weighted by molar-refractivity contribution is 0.162. The Labute approximate surface area is 102 Å². The van der Waals surface area contributed by atoms with E-state index < -0.39 is 5.56 Å². The zero-order chi connectivity index (χ0) is 12.6. The fourth-order valence-corrected chi connectivity index (χ4v) is 1.74. The van der Waals surface area contributed by atoms with Crippen LogP contribution in [-0.4, -0.2) is 20.1 Å². The van der Waals surface area contributed by atoms with Crippen LogP contribution < -0.4 is 5.56 Å². The summed E-state index contributed by atoms with van der Waals surface area (Å²) in [5.41, 5.74) is 0.914. The molecule has 1 N–H and O–H groups in total. The van der Waals surface area contributed by atoms with E-state index in [-0.39, 0.29) is 11.5 Å². The van der Waals surface area contributed by atoms with Crippen LogP contribution in [0.1, 0.15) is 11.4 Å². The SMILES string of the molecule is Cc1cc(Cl)ccc1-c1nnc(C)n(O)c1=O. The number of benzene rings is 1. The van der Waals surface area contributed by atoms with Gasteiger partial charge in [0.2, 0.25) is 0 Å². The smallest absolute Gasteiger partial charge is 0.312 e. The average molecular weight is 252 g/mol. The Balaban J connectivity index is 2.70. The molecule has 1 aromatic heterocycles. The second kappa shape index (κ2) is 4.18. The van der Waals surface area contributed by atoms with E-state index in [9.17, 15) is 10.0 Å². The van der Waals surface area contributed by atoms with Crippen molar-refractivity contribution in [2.75, 3.05) is 0 Å². The molecular formula is C11H10ClN3O2. The molecule has 0 aliphatic rings. The Morgan fingerprint density at radius 1 is 1.29 bits per heavy atom. The molecule has 0 atom stereocenters. The van der Waals surface area contributed by atoms with E-state index in [0.29, 0.717) is 15.3 Å². The third-order valence-electron chi connectivity index (χ3n) is 2.44. The van der Waals surface area contributed by atoms with Crippen LogP contribution in [0.4, 0.5) is 0 Å². The van der Waals surface area contributed by atoms with Gasteiger partial charge in [0.05, 0.1) is 0 Å². The first-order valence-corrected chi connectivity index (χ1v) is 5.30. The fraction of sp³-hybridized carbons (Fsp3) is 0.182. The molecule has 88 valence electrons. The first-order valence-electron chi connectivity index (χ1n) is 4.93. The van der Waals surface area contributed by atoms with Crippen LogP contribution in [-0.2, 0) is 0 Å². The highest BCUT2D eigenvalue weighted by Crippen LogP contribution is 2.21. The Morgan fingerprint density at radius 2 is 2.00 bits per heavy atom. The molecule has 0 spiro atoms. The maximum atomic E-state index is 11.8. The molecule has 0 amide bonds. The Kier molecular flexibility index (Phi) is 2.85. The van der Waals surface area contributed by atoms with Gasteiger partial charge in [0.1, 0.15) is 0 Å². The average Bonchev–Trinajstić information content (AvgIpc) is 2.28. The maximum absolute atomic E-state index is 11.8. The molecule has 17 heavy (non-hydrogen) atoms. The fourth-order valence-electron chi connectivity index (χ4n) is 1.52. The first kappa shape index (κ1) is 11.6. The van der Waals surface area contributed by atoms with Gasteiger partial charge in [-0.25, -0.2) is 0 Å². The van der Waals surface area contributed by atoms with Crippen molar-refractivity contribution in [3.63, 3.8) is 0 Å². The lowest BCUT2D eigenvalue weighted by Gasteiger charge is -2.06. The van der Waals surface area contributed by atoms with Crippen molar-refractivity contribution in [3.05, 3.63) is 45.0 Å². The molecule has 1 aromatic carbocycles. The van der Waals surface area contributed by atoms with E-state index in [0.717, 1.165) is 5.56 Å². The standard InChI is InChI=1S/C11H10ClN3O2/c1-6-5-8(12)3-4-9(6)10-11(16)15(17)7(2)13-14-10/h3-5,17H,1-2H3. The largest absolute Gasteiger partial charge is 0.424 e. The second-order valence-corrected chi connectivity index (χ2v) is 4.11. The Morgan fingerprint density at radius 3 is 2.65 bits per heavy atom. The van der Waals surface area contributed by atoms with Crippen LogP contribution >= 0.6 is 11.6 Å². The van der Waals surface area contributed by atoms with Gasteiger partial charge < -0.3 is 5.21 Å². The van der Waals surface area contributed by atoms with Crippen molar-refractivity contribution in [1.29, 1.82) is 0 Å². The van der Waals surface area contributed by atoms with Crippen molar-refractivity contribution in [2.45, 2.75) is 13.8 Å². The Hall–Kier alpha value is -1.88. The second-order valence-electron chi connectivity index (χ2n) is 3.67. The first-order chi connectivity index (χ1) is 8.00. The van der Waals surface area contributed by atoms with Gasteiger partial charge in [0, 0.05) is 10.6 Å². The van der Waals surface area contributed by atoms with Crippen LogP contribution in [0.3, 0.4) is 0 Å². The van der Waals surface area contributed by atoms with E-state index in [1.165, 1.54) is 6.92 Å². The molecule has 1 heterocycles. The number of nitrogens with zero attached hydrogens (tertiary/aromatic N) is 3. The molecule has 0 saturated carbocycles. The number of halogens is 1. The Bertz CT molecular complexity index is 637. The number of hydrogen-bond donors (Lipinski definition) is 1. The minimum atomic E-state index is -0.595. The van der Waals surface area contributed by atoms with Gasteiger partial charge in [0.15, 0.2) is 11.5 Å². The highest BCUT2D eigenvalue weighted by atomic mass is 35.5. The summed E-state index contributed by atoms with van der Waals surface area (Å²) in [6, 6.07) is 5.06. The molecular weight excluding hydrogens is 242 g/mol. The number of aryl methyl sites for hydroxylation is 2. The molecule has 0 radical (unpaired) electrons. The predicted molar refractivity (Wildman–Crippen MR) is 63.4 cm³/mol. The lowest BCUT2D eigenvalue weighted by atomic mass is 10.1. The van der Waals surface area contributed by atoms with Crippen molar-refractivity contribution in [1.82, 2.24) is 14.9 Å². The van der Waals surface area contributed by atoms with Crippen molar-refractivity contribution in [2.24, 2.45) is 0 Å². The van der Waals surface area contributed by atoms with Crippen molar-refractivity contribution >= 4 is 11.6 Å². The van der Waals surface area contributed by atoms with Gasteiger partial charge in [0.25, 0.3) is 0 Å². The minimum absolute atomic E-state index is 0.104. The van der Waals surface area contributed by atoms with Crippen LogP contribution in [0.5, 0.6) is 0 Å². The summed E-state index contributed by atoms with van der Waals surface area (Å²) in [6.07, 6.45) is 0. The van der Waals surface area contributed by atoms with Gasteiger partial charge in [-0.3, -0.25) is 4.79 Å². The quantitative estimate of drug-likeness (QED) is 0.785. The van der Waals surface area contributed by atoms with Gasteiger partial charge >= 0.3 is 5.56 Å². The van der Waals surface area contributed by atoms with Crippen molar-refractivity contribution in [3.8, 4) is 11.3 Å². The molecule has 0 saturated heterocycles. The predicted octanol–water partition coefficient (Wildman–Crippen LogP) is 1.81. The number of rotatable bonds is 1. The lowest BCUT2D eigenvalue weighted by Crippen LogP contribution is -2.24. The van der Waals surface area contributed by atoms with E-state index in [2.05, 4.69) is 10.2 Å². The summed E-state index contributed by atoms with van der Waals surface area (Å²) in [4.78, 5) is 11.8. The molecule has 2 aromatic rings. The van der Waals surface area contributed by atoms with Crippen LogP contribution in [0.25, 0.3) is 11.3 Å². The third kappa shape index (κ3) is 2.01. The molecule has 0 aliphatic heterocycles. The van der Waals surface area contributed by atoms with E-state index in [1.54, 1.807) is 18.2 Å². The summed E-state index contributed by atoms with van der Waals surface area (Å²) in [7, 11) is 0. The normalized spacial score (nSPS) is 10.5. The zero-order valence-electron chi connectivity index (χ0n) is 9.31. The van der Waals surface area contributed by atoms with Gasteiger partial charge in [-0.05, 0) is 31.5 Å². The van der Waals surface area contributed by atoms with Crippen LogP contribution in [0.2, 0.25) is 5.02 Å². The summed E-state index contributed by atoms with van der Waals surface area (Å²) >= 11 is 5.83. The molecule has 0 bridgehead atoms. The van der Waals surface area contributed by atoms with Gasteiger partial charge in [-0.1, -0.05) is 17.7 Å². The molecule has 2 rings (SSSR count). The third-order valence-corrected chi connectivity index (χ3v) is 2.67. The highest BCUT2D eigenvalue weighted by molar-refractivity contribution is 6.30. The topological polar surface area (TPSA) is 68.0 Å². The highest BCUT2D eigenvalue weighted by Gasteiger charge is 2.12. The maximum Gasteiger partial charge on any atom is 0.312 e. The van der Waals surface area contributed by atoms with Gasteiger partial charge in [-0.15, -0.1) is 14.9 Å². The monoisotopic (exact) mass is 251 g/mol. The molecule has 6 heteroatoms. The minimum Gasteiger partial charge on any atom is -0.424 e.